The van der Waals surface area contributed by atoms with Crippen LogP contribution in [0.3, 0.4) is 0 Å². The standard InChI is InChI=1S/C12H16BrClN2O2/c1-16(6-3-7-18-2)12(17)15-11-5-4-9(13)8-10(11)14/h4-5,8H,3,6-7H2,1-2H3,(H,15,17). The largest absolute Gasteiger partial charge is 0.385 e. The molecule has 1 rings (SSSR count). The van der Waals surface area contributed by atoms with Crippen molar-refractivity contribution in [2.75, 3.05) is 32.6 Å². The van der Waals surface area contributed by atoms with E-state index >= 15 is 0 Å². The van der Waals surface area contributed by atoms with E-state index in [-0.39, 0.29) is 6.03 Å². The number of ether oxygens (including phenoxy) is 1. The van der Waals surface area contributed by atoms with Crippen molar-refractivity contribution in [3.63, 3.8) is 0 Å². The number of carbonyl (C=O) groups is 1. The summed E-state index contributed by atoms with van der Waals surface area (Å²) >= 11 is 9.33. The number of anilines is 1. The number of hydrogen-bond acceptors (Lipinski definition) is 2. The Balaban J connectivity index is 2.53. The van der Waals surface area contributed by atoms with Crippen LogP contribution in [0, 0.1) is 0 Å². The highest BCUT2D eigenvalue weighted by Crippen LogP contribution is 2.25. The fraction of sp³-hybridized carbons (Fsp3) is 0.417. The van der Waals surface area contributed by atoms with Gasteiger partial charge in [0.2, 0.25) is 0 Å². The number of urea groups is 1. The second-order valence-electron chi connectivity index (χ2n) is 3.82. The number of nitrogens with zero attached hydrogens (tertiary/aromatic N) is 1. The molecule has 4 nitrogen and oxygen atoms in total. The maximum absolute atomic E-state index is 11.8. The van der Waals surface area contributed by atoms with E-state index < -0.39 is 0 Å². The smallest absolute Gasteiger partial charge is 0.321 e. The molecule has 0 bridgehead atoms. The van der Waals surface area contributed by atoms with Gasteiger partial charge in [0.05, 0.1) is 10.7 Å². The van der Waals surface area contributed by atoms with Crippen LogP contribution in [0.5, 0.6) is 0 Å². The molecule has 0 radical (unpaired) electrons. The molecule has 0 saturated heterocycles. The average Bonchev–Trinajstić information content (AvgIpc) is 2.32. The quantitative estimate of drug-likeness (QED) is 0.835. The normalized spacial score (nSPS) is 10.2. The molecule has 0 atom stereocenters. The third-order valence-electron chi connectivity index (χ3n) is 2.36. The Morgan fingerprint density at radius 2 is 2.28 bits per heavy atom. The van der Waals surface area contributed by atoms with E-state index in [4.69, 9.17) is 16.3 Å². The van der Waals surface area contributed by atoms with Gasteiger partial charge in [0, 0.05) is 31.8 Å². The van der Waals surface area contributed by atoms with E-state index in [9.17, 15) is 4.79 Å². The van der Waals surface area contributed by atoms with Crippen molar-refractivity contribution in [3.05, 3.63) is 27.7 Å². The van der Waals surface area contributed by atoms with E-state index in [1.54, 1.807) is 31.2 Å². The summed E-state index contributed by atoms with van der Waals surface area (Å²) in [4.78, 5) is 13.4. The molecule has 1 aromatic carbocycles. The van der Waals surface area contributed by atoms with Crippen molar-refractivity contribution in [3.8, 4) is 0 Å². The molecule has 0 aliphatic heterocycles. The number of halogens is 2. The molecule has 0 fully saturated rings. The minimum atomic E-state index is -0.185. The summed E-state index contributed by atoms with van der Waals surface area (Å²) in [5, 5.41) is 3.26. The first-order chi connectivity index (χ1) is 8.54. The number of hydrogen-bond donors (Lipinski definition) is 1. The predicted molar refractivity (Wildman–Crippen MR) is 77.3 cm³/mol. The summed E-state index contributed by atoms with van der Waals surface area (Å²) in [7, 11) is 3.37. The second kappa shape index (κ2) is 7.61. The molecule has 1 N–H and O–H groups in total. The van der Waals surface area contributed by atoms with Gasteiger partial charge in [-0.15, -0.1) is 0 Å². The van der Waals surface area contributed by atoms with Crippen molar-refractivity contribution in [1.82, 2.24) is 4.90 Å². The summed E-state index contributed by atoms with van der Waals surface area (Å²) in [5.74, 6) is 0. The average molecular weight is 336 g/mol. The lowest BCUT2D eigenvalue weighted by atomic mass is 10.3. The van der Waals surface area contributed by atoms with Gasteiger partial charge in [-0.3, -0.25) is 0 Å². The first kappa shape index (κ1) is 15.3. The fourth-order valence-electron chi connectivity index (χ4n) is 1.35. The molecule has 0 aliphatic rings. The van der Waals surface area contributed by atoms with E-state index in [1.807, 2.05) is 6.07 Å². The van der Waals surface area contributed by atoms with E-state index in [0.717, 1.165) is 10.9 Å². The summed E-state index contributed by atoms with van der Waals surface area (Å²) in [5.41, 5.74) is 0.600. The molecule has 0 heterocycles. The lowest BCUT2D eigenvalue weighted by Gasteiger charge is -2.18. The maximum atomic E-state index is 11.8. The zero-order valence-corrected chi connectivity index (χ0v) is 12.7. The molecule has 0 spiro atoms. The number of nitrogens with one attached hydrogen (secondary N) is 1. The van der Waals surface area contributed by atoms with E-state index in [2.05, 4.69) is 21.2 Å². The van der Waals surface area contributed by atoms with Gasteiger partial charge in [-0.2, -0.15) is 0 Å². The Hall–Kier alpha value is -0.780. The predicted octanol–water partition coefficient (Wildman–Crippen LogP) is 3.60. The Morgan fingerprint density at radius 1 is 1.56 bits per heavy atom. The SMILES string of the molecule is COCCCN(C)C(=O)Nc1ccc(Br)cc1Cl. The molecule has 18 heavy (non-hydrogen) atoms. The molecule has 1 aromatic rings. The third kappa shape index (κ3) is 4.84. The molecule has 0 saturated carbocycles. The Labute approximate surface area is 120 Å². The van der Waals surface area contributed by atoms with Crippen LogP contribution in [-0.4, -0.2) is 38.2 Å². The van der Waals surface area contributed by atoms with Crippen LogP contribution in [0.25, 0.3) is 0 Å². The Kier molecular flexibility index (Phi) is 6.46. The monoisotopic (exact) mass is 334 g/mol. The van der Waals surface area contributed by atoms with Gasteiger partial charge in [0.25, 0.3) is 0 Å². The molecule has 0 aromatic heterocycles. The number of carbonyl (C=O) groups excluding carboxylic acids is 1. The van der Waals surface area contributed by atoms with Crippen LogP contribution in [0.4, 0.5) is 10.5 Å². The summed E-state index contributed by atoms with van der Waals surface area (Å²) in [6, 6.07) is 5.14. The molecular weight excluding hydrogens is 320 g/mol. The summed E-state index contributed by atoms with van der Waals surface area (Å²) in [6.45, 7) is 1.27. The highest BCUT2D eigenvalue weighted by atomic mass is 79.9. The van der Waals surface area contributed by atoms with E-state index in [1.165, 1.54) is 0 Å². The molecule has 0 aliphatic carbocycles. The fourth-order valence-corrected chi connectivity index (χ4v) is 2.07. The van der Waals surface area contributed by atoms with Gasteiger partial charge in [-0.1, -0.05) is 27.5 Å². The number of methoxy groups -OCH3 is 1. The molecular formula is C12H16BrClN2O2. The van der Waals surface area contributed by atoms with Crippen LogP contribution < -0.4 is 5.32 Å². The first-order valence-electron chi connectivity index (χ1n) is 5.50. The van der Waals surface area contributed by atoms with Crippen LogP contribution in [0.15, 0.2) is 22.7 Å². The summed E-state index contributed by atoms with van der Waals surface area (Å²) in [6.07, 6.45) is 0.800. The zero-order valence-electron chi connectivity index (χ0n) is 10.4. The topological polar surface area (TPSA) is 41.6 Å². The second-order valence-corrected chi connectivity index (χ2v) is 5.15. The highest BCUT2D eigenvalue weighted by Gasteiger charge is 2.10. The molecule has 0 unspecified atom stereocenters. The lowest BCUT2D eigenvalue weighted by Crippen LogP contribution is -2.32. The van der Waals surface area contributed by atoms with Gasteiger partial charge < -0.3 is 15.0 Å². The van der Waals surface area contributed by atoms with Crippen LogP contribution in [-0.2, 0) is 4.74 Å². The van der Waals surface area contributed by atoms with Gasteiger partial charge in [-0.25, -0.2) is 4.79 Å². The van der Waals surface area contributed by atoms with Crippen molar-refractivity contribution in [1.29, 1.82) is 0 Å². The van der Waals surface area contributed by atoms with Crippen molar-refractivity contribution < 1.29 is 9.53 Å². The van der Waals surface area contributed by atoms with Crippen LogP contribution in [0.1, 0.15) is 6.42 Å². The number of amides is 2. The minimum Gasteiger partial charge on any atom is -0.385 e. The van der Waals surface area contributed by atoms with Crippen LogP contribution >= 0.6 is 27.5 Å². The Morgan fingerprint density at radius 3 is 2.89 bits per heavy atom. The number of benzene rings is 1. The van der Waals surface area contributed by atoms with Crippen molar-refractivity contribution >= 4 is 39.2 Å². The highest BCUT2D eigenvalue weighted by molar-refractivity contribution is 9.10. The molecule has 100 valence electrons. The van der Waals surface area contributed by atoms with Crippen LogP contribution in [0.2, 0.25) is 5.02 Å². The third-order valence-corrected chi connectivity index (χ3v) is 3.17. The first-order valence-corrected chi connectivity index (χ1v) is 6.68. The van der Waals surface area contributed by atoms with Gasteiger partial charge in [0.1, 0.15) is 0 Å². The Bertz CT molecular complexity index is 415. The number of rotatable bonds is 5. The van der Waals surface area contributed by atoms with Crippen molar-refractivity contribution in [2.45, 2.75) is 6.42 Å². The molecule has 6 heteroatoms. The van der Waals surface area contributed by atoms with E-state index in [0.29, 0.717) is 23.9 Å². The minimum absolute atomic E-state index is 0.185. The van der Waals surface area contributed by atoms with Gasteiger partial charge >= 0.3 is 6.03 Å². The van der Waals surface area contributed by atoms with Gasteiger partial charge in [0.15, 0.2) is 0 Å². The molecule has 2 amide bonds. The van der Waals surface area contributed by atoms with Gasteiger partial charge in [-0.05, 0) is 24.6 Å². The maximum Gasteiger partial charge on any atom is 0.321 e. The summed E-state index contributed by atoms with van der Waals surface area (Å²) < 4.78 is 5.81. The van der Waals surface area contributed by atoms with Crippen molar-refractivity contribution in [2.24, 2.45) is 0 Å². The zero-order chi connectivity index (χ0) is 13.5. The lowest BCUT2D eigenvalue weighted by molar-refractivity contribution is 0.179.